The predicted molar refractivity (Wildman–Crippen MR) is 125 cm³/mol. The molecular weight excluding hydrogens is 446 g/mol. The molecule has 0 aromatic heterocycles. The van der Waals surface area contributed by atoms with Gasteiger partial charge in [0, 0.05) is 17.8 Å². The molecule has 0 atom stereocenters. The van der Waals surface area contributed by atoms with Gasteiger partial charge in [-0.3, -0.25) is 19.2 Å². The number of carbonyl (C=O) groups is 1. The van der Waals surface area contributed by atoms with Gasteiger partial charge in [-0.1, -0.05) is 29.8 Å². The van der Waals surface area contributed by atoms with Crippen LogP contribution in [0.2, 0.25) is 0 Å². The number of methoxy groups -OCH3 is 1. The van der Waals surface area contributed by atoms with Gasteiger partial charge in [-0.2, -0.15) is 0 Å². The summed E-state index contributed by atoms with van der Waals surface area (Å²) < 4.78 is 33.4. The molecule has 3 rings (SSSR count). The van der Waals surface area contributed by atoms with Crippen molar-refractivity contribution in [1.82, 2.24) is 0 Å². The number of nitro groups is 1. The van der Waals surface area contributed by atoms with Gasteiger partial charge >= 0.3 is 0 Å². The Bertz CT molecular complexity index is 1290. The van der Waals surface area contributed by atoms with Crippen LogP contribution in [-0.4, -0.2) is 32.9 Å². The molecular formula is C23H23N3O6S. The third-order valence-corrected chi connectivity index (χ3v) is 6.61. The maximum absolute atomic E-state index is 13.6. The quantitative estimate of drug-likeness (QED) is 0.393. The minimum Gasteiger partial charge on any atom is -0.495 e. The zero-order chi connectivity index (χ0) is 24.2. The second-order valence-corrected chi connectivity index (χ2v) is 9.22. The van der Waals surface area contributed by atoms with Crippen molar-refractivity contribution in [3.8, 4) is 5.75 Å². The number of hydrogen-bond acceptors (Lipinski definition) is 6. The first-order chi connectivity index (χ1) is 15.6. The molecule has 1 amide bonds. The summed E-state index contributed by atoms with van der Waals surface area (Å²) in [5, 5.41) is 13.5. The smallest absolute Gasteiger partial charge is 0.271 e. The van der Waals surface area contributed by atoms with Gasteiger partial charge in [0.2, 0.25) is 5.91 Å². The minimum absolute atomic E-state index is 0.0137. The van der Waals surface area contributed by atoms with Crippen LogP contribution in [0.25, 0.3) is 0 Å². The maximum atomic E-state index is 13.6. The summed E-state index contributed by atoms with van der Waals surface area (Å²) in [6, 6.07) is 16.7. The van der Waals surface area contributed by atoms with Crippen LogP contribution < -0.4 is 14.4 Å². The summed E-state index contributed by atoms with van der Waals surface area (Å²) in [6.07, 6.45) is 0. The van der Waals surface area contributed by atoms with Crippen LogP contribution in [0, 0.1) is 24.0 Å². The number of carbonyl (C=O) groups excluding carboxylic acids is 1. The second-order valence-electron chi connectivity index (χ2n) is 7.36. The number of nitro benzene ring substituents is 1. The van der Waals surface area contributed by atoms with Crippen LogP contribution in [0.15, 0.2) is 71.6 Å². The van der Waals surface area contributed by atoms with E-state index in [1.807, 2.05) is 6.92 Å². The Morgan fingerprint density at radius 1 is 1.03 bits per heavy atom. The molecule has 0 saturated heterocycles. The first-order valence-corrected chi connectivity index (χ1v) is 11.3. The number of non-ortho nitro benzene ring substituents is 1. The summed E-state index contributed by atoms with van der Waals surface area (Å²) in [5.41, 5.74) is 1.84. The molecule has 10 heteroatoms. The first kappa shape index (κ1) is 23.7. The number of benzene rings is 3. The highest BCUT2D eigenvalue weighted by molar-refractivity contribution is 7.92. The van der Waals surface area contributed by atoms with Gasteiger partial charge in [-0.05, 0) is 49.7 Å². The Hall–Kier alpha value is -3.92. The Kier molecular flexibility index (Phi) is 6.98. The highest BCUT2D eigenvalue weighted by Gasteiger charge is 2.29. The van der Waals surface area contributed by atoms with Gasteiger partial charge in [0.1, 0.15) is 12.3 Å². The zero-order valence-electron chi connectivity index (χ0n) is 18.3. The van der Waals surface area contributed by atoms with E-state index in [1.54, 1.807) is 37.3 Å². The van der Waals surface area contributed by atoms with Crippen molar-refractivity contribution >= 4 is 33.0 Å². The topological polar surface area (TPSA) is 119 Å². The molecule has 3 aromatic carbocycles. The van der Waals surface area contributed by atoms with Gasteiger partial charge in [-0.25, -0.2) is 8.42 Å². The lowest BCUT2D eigenvalue weighted by molar-refractivity contribution is -0.384. The number of aryl methyl sites for hydroxylation is 2. The molecule has 0 fully saturated rings. The van der Waals surface area contributed by atoms with Crippen LogP contribution in [-0.2, 0) is 14.8 Å². The predicted octanol–water partition coefficient (Wildman–Crippen LogP) is 4.05. The van der Waals surface area contributed by atoms with Gasteiger partial charge < -0.3 is 10.1 Å². The largest absolute Gasteiger partial charge is 0.495 e. The molecule has 0 bridgehead atoms. The van der Waals surface area contributed by atoms with Crippen molar-refractivity contribution in [2.24, 2.45) is 0 Å². The second kappa shape index (κ2) is 9.70. The van der Waals surface area contributed by atoms with Gasteiger partial charge in [0.15, 0.2) is 0 Å². The van der Waals surface area contributed by atoms with Crippen LogP contribution >= 0.6 is 0 Å². The first-order valence-electron chi connectivity index (χ1n) is 9.90. The van der Waals surface area contributed by atoms with E-state index in [1.165, 1.54) is 43.5 Å². The number of nitrogens with zero attached hydrogens (tertiary/aromatic N) is 2. The standard InChI is InChI=1S/C23H23N3O6S/c1-16-7-10-20(11-8-16)33(30,31)25(21-13-17(2)9-12-22(21)32-3)15-23(27)24-18-5-4-6-19(14-18)26(28)29/h4-14H,15H2,1-3H3,(H,24,27). The number of nitrogens with one attached hydrogen (secondary N) is 1. The van der Waals surface area contributed by atoms with Crippen molar-refractivity contribution in [2.75, 3.05) is 23.3 Å². The van der Waals surface area contributed by atoms with E-state index in [0.717, 1.165) is 15.4 Å². The Morgan fingerprint density at radius 3 is 2.33 bits per heavy atom. The molecule has 0 saturated carbocycles. The molecule has 0 aliphatic rings. The van der Waals surface area contributed by atoms with E-state index < -0.39 is 27.4 Å². The summed E-state index contributed by atoms with van der Waals surface area (Å²) >= 11 is 0. The van der Waals surface area contributed by atoms with Crippen molar-refractivity contribution in [3.63, 3.8) is 0 Å². The van der Waals surface area contributed by atoms with E-state index in [4.69, 9.17) is 4.74 Å². The van der Waals surface area contributed by atoms with E-state index in [9.17, 15) is 23.3 Å². The van der Waals surface area contributed by atoms with E-state index in [2.05, 4.69) is 5.32 Å². The average molecular weight is 470 g/mol. The minimum atomic E-state index is -4.14. The van der Waals surface area contributed by atoms with Crippen molar-refractivity contribution < 1.29 is 22.9 Å². The fourth-order valence-corrected chi connectivity index (χ4v) is 4.58. The lowest BCUT2D eigenvalue weighted by Crippen LogP contribution is -2.38. The zero-order valence-corrected chi connectivity index (χ0v) is 19.1. The normalized spacial score (nSPS) is 11.0. The molecule has 0 aliphatic carbocycles. The summed E-state index contributed by atoms with van der Waals surface area (Å²) in [5.74, 6) is -0.394. The highest BCUT2D eigenvalue weighted by Crippen LogP contribution is 2.33. The number of hydrogen-bond donors (Lipinski definition) is 1. The molecule has 3 aromatic rings. The lowest BCUT2D eigenvalue weighted by atomic mass is 10.2. The average Bonchev–Trinajstić information content (AvgIpc) is 2.77. The maximum Gasteiger partial charge on any atom is 0.271 e. The lowest BCUT2D eigenvalue weighted by Gasteiger charge is -2.26. The van der Waals surface area contributed by atoms with E-state index >= 15 is 0 Å². The van der Waals surface area contributed by atoms with Crippen LogP contribution in [0.5, 0.6) is 5.75 Å². The fraction of sp³-hybridized carbons (Fsp3) is 0.174. The summed E-state index contributed by atoms with van der Waals surface area (Å²) in [7, 11) is -2.73. The van der Waals surface area contributed by atoms with E-state index in [-0.39, 0.29) is 27.7 Å². The molecule has 0 unspecified atom stereocenters. The number of ether oxygens (including phenoxy) is 1. The van der Waals surface area contributed by atoms with Crippen LogP contribution in [0.1, 0.15) is 11.1 Å². The molecule has 0 radical (unpaired) electrons. The summed E-state index contributed by atoms with van der Waals surface area (Å²) in [6.45, 7) is 3.06. The highest BCUT2D eigenvalue weighted by atomic mass is 32.2. The third kappa shape index (κ3) is 5.47. The molecule has 0 aliphatic heterocycles. The SMILES string of the molecule is COc1ccc(C)cc1N(CC(=O)Nc1cccc([N+](=O)[O-])c1)S(=O)(=O)c1ccc(C)cc1. The van der Waals surface area contributed by atoms with Crippen molar-refractivity contribution in [3.05, 3.63) is 88.0 Å². The van der Waals surface area contributed by atoms with Gasteiger partial charge in [0.25, 0.3) is 15.7 Å². The monoisotopic (exact) mass is 469 g/mol. The molecule has 0 heterocycles. The number of sulfonamides is 1. The number of amides is 1. The van der Waals surface area contributed by atoms with Crippen molar-refractivity contribution in [1.29, 1.82) is 0 Å². The molecule has 1 N–H and O–H groups in total. The summed E-state index contributed by atoms with van der Waals surface area (Å²) in [4.78, 5) is 23.3. The Morgan fingerprint density at radius 2 is 1.70 bits per heavy atom. The van der Waals surface area contributed by atoms with E-state index in [0.29, 0.717) is 0 Å². The molecule has 9 nitrogen and oxygen atoms in total. The number of rotatable bonds is 8. The Labute approximate surface area is 191 Å². The molecule has 33 heavy (non-hydrogen) atoms. The van der Waals surface area contributed by atoms with Crippen LogP contribution in [0.4, 0.5) is 17.1 Å². The van der Waals surface area contributed by atoms with Gasteiger partial charge in [0.05, 0.1) is 22.6 Å². The molecule has 0 spiro atoms. The van der Waals surface area contributed by atoms with Gasteiger partial charge in [-0.15, -0.1) is 0 Å². The fourth-order valence-electron chi connectivity index (χ4n) is 3.16. The number of anilines is 2. The van der Waals surface area contributed by atoms with Crippen molar-refractivity contribution in [2.45, 2.75) is 18.7 Å². The molecule has 172 valence electrons. The third-order valence-electron chi connectivity index (χ3n) is 4.84. The van der Waals surface area contributed by atoms with Crippen LogP contribution in [0.3, 0.4) is 0 Å². The Balaban J connectivity index is 2.01.